The maximum absolute atomic E-state index is 4.30. The van der Waals surface area contributed by atoms with Crippen molar-refractivity contribution in [1.82, 2.24) is 4.98 Å². The normalized spacial score (nSPS) is 10.2. The second-order valence-electron chi connectivity index (χ2n) is 3.49. The Bertz CT molecular complexity index is 206. The van der Waals surface area contributed by atoms with E-state index in [1.807, 2.05) is 12.3 Å². The molecule has 1 aromatic rings. The largest absolute Gasteiger partial charge is 0.261 e. The van der Waals surface area contributed by atoms with Crippen molar-refractivity contribution in [3.63, 3.8) is 0 Å². The van der Waals surface area contributed by atoms with E-state index in [1.165, 1.54) is 37.8 Å². The Hall–Kier alpha value is -0.850. The average Bonchev–Trinajstić information content (AvgIpc) is 2.19. The predicted molar refractivity (Wildman–Crippen MR) is 56.7 cm³/mol. The van der Waals surface area contributed by atoms with Crippen molar-refractivity contribution < 1.29 is 0 Å². The fourth-order valence-corrected chi connectivity index (χ4v) is 1.46. The van der Waals surface area contributed by atoms with Crippen molar-refractivity contribution >= 4 is 0 Å². The van der Waals surface area contributed by atoms with Crippen LogP contribution in [-0.2, 0) is 6.42 Å². The number of pyridine rings is 1. The van der Waals surface area contributed by atoms with Crippen LogP contribution in [0.4, 0.5) is 0 Å². The zero-order valence-electron chi connectivity index (χ0n) is 8.50. The second-order valence-corrected chi connectivity index (χ2v) is 3.49. The van der Waals surface area contributed by atoms with Gasteiger partial charge in [0.2, 0.25) is 0 Å². The molecule has 0 N–H and O–H groups in total. The first-order chi connectivity index (χ1) is 6.43. The van der Waals surface area contributed by atoms with Crippen LogP contribution in [-0.4, -0.2) is 4.98 Å². The quantitative estimate of drug-likeness (QED) is 0.605. The summed E-state index contributed by atoms with van der Waals surface area (Å²) in [6, 6.07) is 6.15. The molecule has 0 aliphatic rings. The van der Waals surface area contributed by atoms with Gasteiger partial charge in [-0.25, -0.2) is 0 Å². The summed E-state index contributed by atoms with van der Waals surface area (Å²) in [6.07, 6.45) is 9.74. The van der Waals surface area contributed by atoms with E-state index < -0.39 is 0 Å². The summed E-state index contributed by atoms with van der Waals surface area (Å²) >= 11 is 0. The lowest BCUT2D eigenvalue weighted by molar-refractivity contribution is 0.628. The lowest BCUT2D eigenvalue weighted by Gasteiger charge is -1.99. The highest BCUT2D eigenvalue weighted by Crippen LogP contribution is 2.06. The minimum atomic E-state index is 1.14. The lowest BCUT2D eigenvalue weighted by Crippen LogP contribution is -1.88. The topological polar surface area (TPSA) is 12.9 Å². The van der Waals surface area contributed by atoms with Gasteiger partial charge in [-0.1, -0.05) is 38.7 Å². The molecule has 0 unspecified atom stereocenters. The lowest BCUT2D eigenvalue weighted by atomic mass is 10.1. The molecular formula is C12H19N. The van der Waals surface area contributed by atoms with Gasteiger partial charge in [0.25, 0.3) is 0 Å². The van der Waals surface area contributed by atoms with Gasteiger partial charge in [-0.15, -0.1) is 0 Å². The highest BCUT2D eigenvalue weighted by molar-refractivity contribution is 5.03. The molecule has 0 aliphatic heterocycles. The number of nitrogens with zero attached hydrogens (tertiary/aromatic N) is 1. The van der Waals surface area contributed by atoms with E-state index in [4.69, 9.17) is 0 Å². The third kappa shape index (κ3) is 4.66. The number of unbranched alkanes of at least 4 members (excludes halogenated alkanes) is 4. The van der Waals surface area contributed by atoms with Crippen LogP contribution in [0.2, 0.25) is 0 Å². The second kappa shape index (κ2) is 6.64. The van der Waals surface area contributed by atoms with E-state index >= 15 is 0 Å². The number of hydrogen-bond acceptors (Lipinski definition) is 1. The Morgan fingerprint density at radius 1 is 1.08 bits per heavy atom. The molecule has 0 radical (unpaired) electrons. The van der Waals surface area contributed by atoms with Gasteiger partial charge in [0, 0.05) is 11.9 Å². The van der Waals surface area contributed by atoms with Crippen LogP contribution in [0.1, 0.15) is 44.7 Å². The molecule has 1 heteroatoms. The van der Waals surface area contributed by atoms with Crippen LogP contribution in [0.15, 0.2) is 24.4 Å². The minimum absolute atomic E-state index is 1.14. The molecule has 0 fully saturated rings. The average molecular weight is 177 g/mol. The van der Waals surface area contributed by atoms with E-state index in [-0.39, 0.29) is 0 Å². The number of hydrogen-bond donors (Lipinski definition) is 0. The molecule has 0 amide bonds. The highest BCUT2D eigenvalue weighted by Gasteiger charge is 1.92. The Balaban J connectivity index is 2.07. The Morgan fingerprint density at radius 3 is 2.62 bits per heavy atom. The molecule has 1 heterocycles. The van der Waals surface area contributed by atoms with Crippen molar-refractivity contribution in [2.45, 2.75) is 45.4 Å². The van der Waals surface area contributed by atoms with Crippen molar-refractivity contribution in [3.05, 3.63) is 30.1 Å². The first-order valence-corrected chi connectivity index (χ1v) is 5.33. The number of aryl methyl sites for hydroxylation is 1. The fourth-order valence-electron chi connectivity index (χ4n) is 1.46. The molecule has 1 rings (SSSR count). The summed E-state index contributed by atoms with van der Waals surface area (Å²) in [6.45, 7) is 2.25. The predicted octanol–water partition coefficient (Wildman–Crippen LogP) is 3.59. The summed E-state index contributed by atoms with van der Waals surface area (Å²) < 4.78 is 0. The van der Waals surface area contributed by atoms with Gasteiger partial charge in [0.1, 0.15) is 0 Å². The number of rotatable bonds is 6. The standard InChI is InChI=1S/C12H19N/c1-2-3-4-5-6-9-12-10-7-8-11-13-12/h7-8,10-11H,2-6,9H2,1H3. The molecule has 0 aliphatic carbocycles. The van der Waals surface area contributed by atoms with Gasteiger partial charge in [-0.05, 0) is 25.0 Å². The summed E-state index contributed by atoms with van der Waals surface area (Å²) in [5, 5.41) is 0. The van der Waals surface area contributed by atoms with E-state index in [0.717, 1.165) is 6.42 Å². The van der Waals surface area contributed by atoms with E-state index in [0.29, 0.717) is 0 Å². The van der Waals surface area contributed by atoms with Gasteiger partial charge in [-0.3, -0.25) is 4.98 Å². The van der Waals surface area contributed by atoms with E-state index in [1.54, 1.807) is 0 Å². The molecule has 13 heavy (non-hydrogen) atoms. The van der Waals surface area contributed by atoms with Crippen molar-refractivity contribution in [2.24, 2.45) is 0 Å². The van der Waals surface area contributed by atoms with Crippen LogP contribution in [0.5, 0.6) is 0 Å². The molecule has 0 atom stereocenters. The Labute approximate surface area is 81.2 Å². The third-order valence-electron chi connectivity index (χ3n) is 2.26. The van der Waals surface area contributed by atoms with Crippen LogP contribution in [0.25, 0.3) is 0 Å². The molecule has 1 aromatic heterocycles. The third-order valence-corrected chi connectivity index (χ3v) is 2.26. The summed E-state index contributed by atoms with van der Waals surface area (Å²) in [7, 11) is 0. The summed E-state index contributed by atoms with van der Waals surface area (Å²) in [5.41, 5.74) is 1.24. The van der Waals surface area contributed by atoms with E-state index in [9.17, 15) is 0 Å². The van der Waals surface area contributed by atoms with Crippen LogP contribution >= 0.6 is 0 Å². The first-order valence-electron chi connectivity index (χ1n) is 5.33. The van der Waals surface area contributed by atoms with Crippen molar-refractivity contribution in [1.29, 1.82) is 0 Å². The smallest absolute Gasteiger partial charge is 0.0403 e. The summed E-state index contributed by atoms with van der Waals surface area (Å²) in [5.74, 6) is 0. The summed E-state index contributed by atoms with van der Waals surface area (Å²) in [4.78, 5) is 4.30. The van der Waals surface area contributed by atoms with Crippen molar-refractivity contribution in [3.8, 4) is 0 Å². The zero-order valence-corrected chi connectivity index (χ0v) is 8.50. The van der Waals surface area contributed by atoms with Gasteiger partial charge >= 0.3 is 0 Å². The van der Waals surface area contributed by atoms with Gasteiger partial charge < -0.3 is 0 Å². The SMILES string of the molecule is CCCCCCCc1ccccn1. The zero-order chi connectivity index (χ0) is 9.36. The molecule has 0 spiro atoms. The maximum Gasteiger partial charge on any atom is 0.0403 e. The molecule has 1 nitrogen and oxygen atoms in total. The van der Waals surface area contributed by atoms with Gasteiger partial charge in [0.15, 0.2) is 0 Å². The molecule has 0 saturated carbocycles. The first kappa shape index (κ1) is 10.2. The minimum Gasteiger partial charge on any atom is -0.261 e. The van der Waals surface area contributed by atoms with Crippen LogP contribution in [0.3, 0.4) is 0 Å². The highest BCUT2D eigenvalue weighted by atomic mass is 14.7. The molecular weight excluding hydrogens is 158 g/mol. The van der Waals surface area contributed by atoms with E-state index in [2.05, 4.69) is 24.0 Å². The molecule has 0 saturated heterocycles. The molecule has 0 aromatic carbocycles. The van der Waals surface area contributed by atoms with Gasteiger partial charge in [0.05, 0.1) is 0 Å². The fraction of sp³-hybridized carbons (Fsp3) is 0.583. The molecule has 72 valence electrons. The monoisotopic (exact) mass is 177 g/mol. The van der Waals surface area contributed by atoms with Crippen LogP contribution < -0.4 is 0 Å². The van der Waals surface area contributed by atoms with Gasteiger partial charge in [-0.2, -0.15) is 0 Å². The molecule has 0 bridgehead atoms. The van der Waals surface area contributed by atoms with Crippen molar-refractivity contribution in [2.75, 3.05) is 0 Å². The Kier molecular flexibility index (Phi) is 5.23. The Morgan fingerprint density at radius 2 is 1.92 bits per heavy atom. The number of aromatic nitrogens is 1. The maximum atomic E-state index is 4.30. The van der Waals surface area contributed by atoms with Crippen LogP contribution in [0, 0.1) is 0 Å².